The van der Waals surface area contributed by atoms with E-state index in [0.717, 1.165) is 5.92 Å². The molecule has 4 aliphatic carbocycles. The molecule has 7 aromatic rings. The molecule has 0 radical (unpaired) electrons. The standard InChI is InChI=1S/C60H59N/c1-57(2,3)42-33-40(34-43(35-42)58(4,5)6)46-16-11-14-23-55(46)61(45-30-31-50-48-17-10-13-22-53(48)60(54(50)36-45)37-38-24-27-41(60)32-38)44-28-25-39(26-29-44)47-19-15-20-51-49-18-9-12-21-52(49)59(7,8)56(47)51/h9-23,25-26,28-31,33-36,38,41H,24,27,32,37H2,1-8H3. The Morgan fingerprint density at radius 2 is 1.05 bits per heavy atom. The zero-order valence-corrected chi connectivity index (χ0v) is 37.4. The molecule has 4 aliphatic rings. The van der Waals surface area contributed by atoms with E-state index in [2.05, 4.69) is 212 Å². The van der Waals surface area contributed by atoms with Crippen LogP contribution in [-0.4, -0.2) is 0 Å². The van der Waals surface area contributed by atoms with Gasteiger partial charge in [-0.1, -0.05) is 183 Å². The first-order chi connectivity index (χ1) is 29.2. The van der Waals surface area contributed by atoms with Crippen molar-refractivity contribution >= 4 is 17.1 Å². The number of anilines is 3. The molecular weight excluding hydrogens is 735 g/mol. The predicted octanol–water partition coefficient (Wildman–Crippen LogP) is 16.5. The summed E-state index contributed by atoms with van der Waals surface area (Å²) in [5, 5.41) is 0. The fraction of sp³-hybridized carbons (Fsp3) is 0.300. The van der Waals surface area contributed by atoms with E-state index in [-0.39, 0.29) is 21.7 Å². The van der Waals surface area contributed by atoms with Gasteiger partial charge in [0.1, 0.15) is 0 Å². The highest BCUT2D eigenvalue weighted by Crippen LogP contribution is 2.66. The SMILES string of the molecule is CC(C)(C)c1cc(-c2ccccc2N(c2ccc(-c3cccc4c3C(C)(C)c3ccccc3-4)cc2)c2ccc3c(c2)C2(CC4CCC2C4)c2ccccc2-3)cc(C(C)(C)C)c1. The minimum atomic E-state index is -0.0860. The first-order valence-electron chi connectivity index (χ1n) is 22.9. The molecule has 1 nitrogen and oxygen atoms in total. The summed E-state index contributed by atoms with van der Waals surface area (Å²) in [6.07, 6.45) is 5.35. The van der Waals surface area contributed by atoms with E-state index in [0.29, 0.717) is 5.92 Å². The molecule has 3 atom stereocenters. The second-order valence-electron chi connectivity index (χ2n) is 21.4. The molecular formula is C60H59N. The normalized spacial score (nSPS) is 20.4. The average Bonchev–Trinajstić information content (AvgIpc) is 4.00. The summed E-state index contributed by atoms with van der Waals surface area (Å²) in [5.74, 6) is 1.52. The number of nitrogens with zero attached hydrogens (tertiary/aromatic N) is 1. The van der Waals surface area contributed by atoms with Gasteiger partial charge in [-0.05, 0) is 145 Å². The average molecular weight is 794 g/mol. The van der Waals surface area contributed by atoms with Crippen molar-refractivity contribution in [3.05, 3.63) is 185 Å². The number of rotatable bonds is 5. The van der Waals surface area contributed by atoms with Gasteiger partial charge in [0.15, 0.2) is 0 Å². The quantitative estimate of drug-likeness (QED) is 0.168. The molecule has 3 unspecified atom stereocenters. The first-order valence-corrected chi connectivity index (χ1v) is 22.9. The third kappa shape index (κ3) is 5.79. The van der Waals surface area contributed by atoms with E-state index in [9.17, 15) is 0 Å². The lowest BCUT2D eigenvalue weighted by molar-refractivity contribution is 0.327. The van der Waals surface area contributed by atoms with Gasteiger partial charge in [-0.25, -0.2) is 0 Å². The highest BCUT2D eigenvalue weighted by Gasteiger charge is 2.56. The summed E-state index contributed by atoms with van der Waals surface area (Å²) in [7, 11) is 0. The highest BCUT2D eigenvalue weighted by molar-refractivity contribution is 5.93. The van der Waals surface area contributed by atoms with Crippen LogP contribution in [-0.2, 0) is 21.7 Å². The lowest BCUT2D eigenvalue weighted by atomic mass is 9.67. The van der Waals surface area contributed by atoms with Gasteiger partial charge in [-0.2, -0.15) is 0 Å². The Morgan fingerprint density at radius 1 is 0.475 bits per heavy atom. The second kappa shape index (κ2) is 13.4. The van der Waals surface area contributed by atoms with Crippen LogP contribution in [0.5, 0.6) is 0 Å². The van der Waals surface area contributed by atoms with Crippen LogP contribution < -0.4 is 4.90 Å². The summed E-state index contributed by atoms with van der Waals surface area (Å²) < 4.78 is 0. The van der Waals surface area contributed by atoms with Crippen molar-refractivity contribution in [2.24, 2.45) is 11.8 Å². The molecule has 7 aromatic carbocycles. The Kier molecular flexibility index (Phi) is 8.42. The number of benzene rings is 7. The fourth-order valence-corrected chi connectivity index (χ4v) is 12.4. The third-order valence-electron chi connectivity index (χ3n) is 15.4. The Balaban J connectivity index is 1.11. The van der Waals surface area contributed by atoms with Crippen LogP contribution in [0.2, 0.25) is 0 Å². The fourth-order valence-electron chi connectivity index (χ4n) is 12.4. The van der Waals surface area contributed by atoms with Crippen molar-refractivity contribution < 1.29 is 0 Å². The van der Waals surface area contributed by atoms with Crippen molar-refractivity contribution in [2.75, 3.05) is 4.90 Å². The molecule has 0 saturated heterocycles. The van der Waals surface area contributed by atoms with Crippen molar-refractivity contribution in [2.45, 2.75) is 103 Å². The van der Waals surface area contributed by atoms with E-state index in [1.807, 2.05) is 0 Å². The number of para-hydroxylation sites is 1. The van der Waals surface area contributed by atoms with Crippen molar-refractivity contribution in [1.82, 2.24) is 0 Å². The van der Waals surface area contributed by atoms with Crippen LogP contribution in [0, 0.1) is 11.8 Å². The summed E-state index contributed by atoms with van der Waals surface area (Å²) >= 11 is 0. The Bertz CT molecular complexity index is 2840. The van der Waals surface area contributed by atoms with Crippen LogP contribution in [0.3, 0.4) is 0 Å². The molecule has 2 saturated carbocycles. The zero-order chi connectivity index (χ0) is 42.1. The number of hydrogen-bond donors (Lipinski definition) is 0. The molecule has 2 bridgehead atoms. The van der Waals surface area contributed by atoms with Crippen LogP contribution >= 0.6 is 0 Å². The molecule has 1 heteroatoms. The summed E-state index contributed by atoms with van der Waals surface area (Å²) in [6.45, 7) is 18.8. The maximum Gasteiger partial charge on any atom is 0.0540 e. The van der Waals surface area contributed by atoms with Gasteiger partial charge in [-0.15, -0.1) is 0 Å². The van der Waals surface area contributed by atoms with E-state index >= 15 is 0 Å². The van der Waals surface area contributed by atoms with E-state index in [4.69, 9.17) is 0 Å². The molecule has 0 amide bonds. The largest absolute Gasteiger partial charge is 0.310 e. The smallest absolute Gasteiger partial charge is 0.0540 e. The maximum atomic E-state index is 2.61. The first kappa shape index (κ1) is 38.3. The van der Waals surface area contributed by atoms with E-state index in [1.54, 1.807) is 11.1 Å². The Hall–Kier alpha value is -5.66. The summed E-state index contributed by atoms with van der Waals surface area (Å²) in [4.78, 5) is 2.57. The zero-order valence-electron chi connectivity index (χ0n) is 37.4. The van der Waals surface area contributed by atoms with Crippen molar-refractivity contribution in [1.29, 1.82) is 0 Å². The number of hydrogen-bond acceptors (Lipinski definition) is 1. The van der Waals surface area contributed by atoms with Gasteiger partial charge >= 0.3 is 0 Å². The molecule has 0 N–H and O–H groups in total. The third-order valence-corrected chi connectivity index (χ3v) is 15.4. The van der Waals surface area contributed by atoms with Gasteiger partial charge < -0.3 is 4.90 Å². The van der Waals surface area contributed by atoms with Gasteiger partial charge in [-0.3, -0.25) is 0 Å². The van der Waals surface area contributed by atoms with Crippen LogP contribution in [0.25, 0.3) is 44.5 Å². The maximum absolute atomic E-state index is 2.61. The lowest BCUT2D eigenvalue weighted by Crippen LogP contribution is -2.32. The Labute approximate surface area is 364 Å². The molecule has 11 rings (SSSR count). The van der Waals surface area contributed by atoms with Crippen LogP contribution in [0.4, 0.5) is 17.1 Å². The molecule has 0 aliphatic heterocycles. The molecule has 61 heavy (non-hydrogen) atoms. The second-order valence-corrected chi connectivity index (χ2v) is 21.4. The van der Waals surface area contributed by atoms with Crippen molar-refractivity contribution in [3.8, 4) is 44.5 Å². The Morgan fingerprint density at radius 3 is 1.70 bits per heavy atom. The van der Waals surface area contributed by atoms with E-state index < -0.39 is 0 Å². The summed E-state index contributed by atoms with van der Waals surface area (Å²) in [6, 6.07) is 58.7. The van der Waals surface area contributed by atoms with Crippen molar-refractivity contribution in [3.63, 3.8) is 0 Å². The molecule has 1 spiro atoms. The van der Waals surface area contributed by atoms with Crippen LogP contribution in [0.15, 0.2) is 152 Å². The molecule has 2 fully saturated rings. The van der Waals surface area contributed by atoms with E-state index in [1.165, 1.54) is 110 Å². The lowest BCUT2D eigenvalue weighted by Gasteiger charge is -2.37. The highest BCUT2D eigenvalue weighted by atomic mass is 15.1. The number of fused-ring (bicyclic) bond motifs is 11. The summed E-state index contributed by atoms with van der Waals surface area (Å²) in [5.41, 5.74) is 23.0. The van der Waals surface area contributed by atoms with Gasteiger partial charge in [0, 0.05) is 27.8 Å². The monoisotopic (exact) mass is 793 g/mol. The minimum absolute atomic E-state index is 0.0119. The molecule has 0 aromatic heterocycles. The molecule has 304 valence electrons. The van der Waals surface area contributed by atoms with Gasteiger partial charge in [0.05, 0.1) is 5.69 Å². The molecule has 0 heterocycles. The predicted molar refractivity (Wildman–Crippen MR) is 259 cm³/mol. The minimum Gasteiger partial charge on any atom is -0.310 e. The van der Waals surface area contributed by atoms with Crippen LogP contribution in [0.1, 0.15) is 114 Å². The topological polar surface area (TPSA) is 3.24 Å². The van der Waals surface area contributed by atoms with Gasteiger partial charge in [0.2, 0.25) is 0 Å². The van der Waals surface area contributed by atoms with Gasteiger partial charge in [0.25, 0.3) is 0 Å².